The Morgan fingerprint density at radius 3 is 1.72 bits per heavy atom. The van der Waals surface area contributed by atoms with E-state index in [2.05, 4.69) is 28.6 Å². The molecule has 0 heterocycles. The first-order chi connectivity index (χ1) is 19.9. The molecule has 0 spiro atoms. The Bertz CT molecular complexity index is 1600. The Kier molecular flexibility index (Phi) is 11.0. The maximum Gasteiger partial charge on any atom is 0.262 e. The predicted octanol–water partition coefficient (Wildman–Crippen LogP) is 7.63. The number of sulfonamides is 2. The van der Waals surface area contributed by atoms with Crippen LogP contribution >= 0.6 is 0 Å². The molecule has 0 saturated carbocycles. The maximum atomic E-state index is 13.8. The monoisotopic (exact) mass is 628 g/mol. The lowest BCUT2D eigenvalue weighted by molar-refractivity contribution is 0.555. The Morgan fingerprint density at radius 1 is 0.744 bits per heavy atom. The molecule has 0 aliphatic carbocycles. The summed E-state index contributed by atoms with van der Waals surface area (Å²) in [6.45, 7) is 18.8. The normalized spacial score (nSPS) is 13.0. The third-order valence-corrected chi connectivity index (χ3v) is 9.78. The van der Waals surface area contributed by atoms with Gasteiger partial charge in [-0.3, -0.25) is 4.72 Å². The largest absolute Gasteiger partial charge is 0.356 e. The van der Waals surface area contributed by atoms with Crippen molar-refractivity contribution in [2.75, 3.05) is 27.7 Å². The van der Waals surface area contributed by atoms with Gasteiger partial charge in [-0.05, 0) is 103 Å². The summed E-state index contributed by atoms with van der Waals surface area (Å²) in [5.41, 5.74) is 6.90. The van der Waals surface area contributed by atoms with E-state index in [9.17, 15) is 16.8 Å². The van der Waals surface area contributed by atoms with Crippen LogP contribution in [0.3, 0.4) is 0 Å². The summed E-state index contributed by atoms with van der Waals surface area (Å²) in [6.07, 6.45) is 0.762. The highest BCUT2D eigenvalue weighted by Gasteiger charge is 2.27. The molecule has 43 heavy (non-hydrogen) atoms. The van der Waals surface area contributed by atoms with E-state index >= 15 is 0 Å². The van der Waals surface area contributed by atoms with E-state index in [4.69, 9.17) is 0 Å². The van der Waals surface area contributed by atoms with Gasteiger partial charge >= 0.3 is 0 Å². The minimum Gasteiger partial charge on any atom is -0.356 e. The van der Waals surface area contributed by atoms with Gasteiger partial charge in [0, 0.05) is 29.3 Å². The van der Waals surface area contributed by atoms with E-state index in [0.29, 0.717) is 23.0 Å². The van der Waals surface area contributed by atoms with Crippen molar-refractivity contribution >= 4 is 42.8 Å². The molecule has 0 aliphatic rings. The topological polar surface area (TPSA) is 108 Å². The zero-order valence-corrected chi connectivity index (χ0v) is 28.7. The molecule has 8 nitrogen and oxygen atoms in total. The third-order valence-electron chi connectivity index (χ3n) is 7.50. The smallest absolute Gasteiger partial charge is 0.262 e. The second kappa shape index (κ2) is 13.7. The molecule has 3 aromatic rings. The molecular formula is C33H48N4O4S2. The van der Waals surface area contributed by atoms with Crippen molar-refractivity contribution < 1.29 is 16.8 Å². The SMILES string of the molecule is CCN(c1ccc(Nc2ccc(NS(=O)(=O)c3c(C(C)C)cc(C(C)C)cc3C(C)C)cc2)c(C)c1)C(C)NS(C)(=O)=O. The first-order valence-corrected chi connectivity index (χ1v) is 18.2. The van der Waals surface area contributed by atoms with Crippen LogP contribution in [0, 0.1) is 6.92 Å². The highest BCUT2D eigenvalue weighted by Crippen LogP contribution is 2.36. The maximum absolute atomic E-state index is 13.8. The van der Waals surface area contributed by atoms with E-state index < -0.39 is 26.2 Å². The van der Waals surface area contributed by atoms with Crippen molar-refractivity contribution in [3.05, 3.63) is 76.9 Å². The van der Waals surface area contributed by atoms with E-state index in [1.54, 1.807) is 12.1 Å². The number of hydrogen-bond donors (Lipinski definition) is 3. The van der Waals surface area contributed by atoms with E-state index in [1.807, 2.05) is 95.8 Å². The third kappa shape index (κ3) is 8.74. The average Bonchev–Trinajstić information content (AvgIpc) is 2.89. The zero-order valence-electron chi connectivity index (χ0n) is 27.1. The minimum atomic E-state index is -3.84. The van der Waals surface area contributed by atoms with Gasteiger partial charge in [0.15, 0.2) is 0 Å². The summed E-state index contributed by atoms with van der Waals surface area (Å²) in [6, 6.07) is 17.2. The molecule has 0 radical (unpaired) electrons. The van der Waals surface area contributed by atoms with Crippen LogP contribution in [0.25, 0.3) is 0 Å². The second-order valence-corrected chi connectivity index (χ2v) is 15.6. The summed E-state index contributed by atoms with van der Waals surface area (Å²) in [4.78, 5) is 2.35. The van der Waals surface area contributed by atoms with Crippen LogP contribution in [0.2, 0.25) is 0 Å². The van der Waals surface area contributed by atoms with E-state index in [0.717, 1.165) is 45.6 Å². The van der Waals surface area contributed by atoms with Gasteiger partial charge in [-0.15, -0.1) is 0 Å². The lowest BCUT2D eigenvalue weighted by atomic mass is 9.89. The molecule has 3 aromatic carbocycles. The predicted molar refractivity (Wildman–Crippen MR) is 181 cm³/mol. The first kappa shape index (κ1) is 34.4. The summed E-state index contributed by atoms with van der Waals surface area (Å²) in [7, 11) is -7.18. The molecule has 3 N–H and O–H groups in total. The molecule has 0 fully saturated rings. The van der Waals surface area contributed by atoms with Crippen LogP contribution in [0.4, 0.5) is 22.7 Å². The number of anilines is 4. The number of nitrogens with one attached hydrogen (secondary N) is 3. The van der Waals surface area contributed by atoms with Gasteiger partial charge in [-0.1, -0.05) is 53.7 Å². The van der Waals surface area contributed by atoms with Crippen molar-refractivity contribution in [2.24, 2.45) is 0 Å². The molecule has 0 aliphatic heterocycles. The lowest BCUT2D eigenvalue weighted by Crippen LogP contribution is -2.46. The molecule has 0 saturated heterocycles. The molecule has 236 valence electrons. The van der Waals surface area contributed by atoms with E-state index in [-0.39, 0.29) is 11.8 Å². The van der Waals surface area contributed by atoms with Crippen LogP contribution < -0.4 is 19.7 Å². The van der Waals surface area contributed by atoms with Gasteiger partial charge in [0.05, 0.1) is 17.3 Å². The lowest BCUT2D eigenvalue weighted by Gasteiger charge is -2.30. The summed E-state index contributed by atoms with van der Waals surface area (Å²) in [5.74, 6) is 0.394. The van der Waals surface area contributed by atoms with Gasteiger partial charge in [-0.25, -0.2) is 16.8 Å². The highest BCUT2D eigenvalue weighted by atomic mass is 32.2. The molecule has 10 heteroatoms. The second-order valence-electron chi connectivity index (χ2n) is 12.2. The standard InChI is InChI=1S/C33H48N4O4S2/c1-11-37(25(9)35-42(10,38)39)29-16-17-32(24(8)18-29)34-27-12-14-28(15-13-27)36-43(40,41)33-30(22(4)5)19-26(21(2)3)20-31(33)23(6)7/h12-23,25,34-36H,11H2,1-10H3. The highest BCUT2D eigenvalue weighted by molar-refractivity contribution is 7.92. The number of nitrogens with zero attached hydrogens (tertiary/aromatic N) is 1. The summed E-state index contributed by atoms with van der Waals surface area (Å²) in [5, 5.41) is 3.40. The van der Waals surface area contributed by atoms with Gasteiger partial charge < -0.3 is 10.2 Å². The minimum absolute atomic E-state index is 0.0487. The number of rotatable bonds is 13. The zero-order chi connectivity index (χ0) is 32.3. The van der Waals surface area contributed by atoms with Gasteiger partial charge in [-0.2, -0.15) is 4.72 Å². The summed E-state index contributed by atoms with van der Waals surface area (Å²) < 4.78 is 56.5. The van der Waals surface area contributed by atoms with Crippen LogP contribution in [0.15, 0.2) is 59.5 Å². The van der Waals surface area contributed by atoms with Crippen LogP contribution in [0.1, 0.15) is 95.4 Å². The van der Waals surface area contributed by atoms with Gasteiger partial charge in [0.2, 0.25) is 10.0 Å². The van der Waals surface area contributed by atoms with Crippen molar-refractivity contribution in [1.82, 2.24) is 4.72 Å². The Morgan fingerprint density at radius 2 is 1.28 bits per heavy atom. The molecule has 1 atom stereocenters. The molecule has 0 amide bonds. The fourth-order valence-corrected chi connectivity index (χ4v) is 7.71. The molecule has 3 rings (SSSR count). The van der Waals surface area contributed by atoms with Crippen molar-refractivity contribution in [3.63, 3.8) is 0 Å². The van der Waals surface area contributed by atoms with Crippen molar-refractivity contribution in [2.45, 2.75) is 91.1 Å². The average molecular weight is 629 g/mol. The Hall–Kier alpha value is -3.08. The van der Waals surface area contributed by atoms with Crippen LogP contribution in [-0.4, -0.2) is 35.8 Å². The molecular weight excluding hydrogens is 581 g/mol. The van der Waals surface area contributed by atoms with Gasteiger partial charge in [0.1, 0.15) is 0 Å². The number of aryl methyl sites for hydroxylation is 1. The van der Waals surface area contributed by atoms with Crippen molar-refractivity contribution in [1.29, 1.82) is 0 Å². The summed E-state index contributed by atoms with van der Waals surface area (Å²) >= 11 is 0. The number of benzene rings is 3. The van der Waals surface area contributed by atoms with Crippen molar-refractivity contribution in [3.8, 4) is 0 Å². The van der Waals surface area contributed by atoms with Crippen LogP contribution in [0.5, 0.6) is 0 Å². The molecule has 0 bridgehead atoms. The van der Waals surface area contributed by atoms with Gasteiger partial charge in [0.25, 0.3) is 10.0 Å². The van der Waals surface area contributed by atoms with E-state index in [1.165, 1.54) is 0 Å². The molecule has 1 unspecified atom stereocenters. The first-order valence-electron chi connectivity index (χ1n) is 14.9. The Balaban J connectivity index is 1.84. The number of hydrogen-bond acceptors (Lipinski definition) is 6. The quantitative estimate of drug-likeness (QED) is 0.168. The molecule has 0 aromatic heterocycles. The van der Waals surface area contributed by atoms with Crippen LogP contribution in [-0.2, 0) is 20.0 Å². The fraction of sp³-hybridized carbons (Fsp3) is 0.455. The Labute approximate surface area is 259 Å². The fourth-order valence-electron chi connectivity index (χ4n) is 5.20.